The molecule has 0 radical (unpaired) electrons. The minimum absolute atomic E-state index is 0.582. The Balaban J connectivity index is 1.85. The Kier molecular flexibility index (Phi) is 2.86. The van der Waals surface area contributed by atoms with Crippen LogP contribution in [-0.2, 0) is 4.74 Å². The van der Waals surface area contributed by atoms with E-state index >= 15 is 0 Å². The van der Waals surface area contributed by atoms with E-state index in [0.717, 1.165) is 25.7 Å². The zero-order valence-corrected chi connectivity index (χ0v) is 8.41. The van der Waals surface area contributed by atoms with Gasteiger partial charge in [-0.25, -0.2) is 0 Å². The van der Waals surface area contributed by atoms with Gasteiger partial charge in [-0.3, -0.25) is 4.90 Å². The number of ether oxygens (including phenoxy) is 1. The van der Waals surface area contributed by atoms with Gasteiger partial charge in [0.15, 0.2) is 0 Å². The van der Waals surface area contributed by atoms with Crippen LogP contribution in [0.15, 0.2) is 0 Å². The van der Waals surface area contributed by atoms with Gasteiger partial charge in [0.05, 0.1) is 6.61 Å². The number of likely N-dealkylation sites (tertiary alicyclic amines) is 1. The molecule has 2 heterocycles. The van der Waals surface area contributed by atoms with Gasteiger partial charge in [0.1, 0.15) is 0 Å². The minimum atomic E-state index is 0.582. The van der Waals surface area contributed by atoms with Gasteiger partial charge in [-0.2, -0.15) is 0 Å². The van der Waals surface area contributed by atoms with Crippen LogP contribution in [-0.4, -0.2) is 43.8 Å². The van der Waals surface area contributed by atoms with Crippen molar-refractivity contribution in [2.75, 3.05) is 32.8 Å². The smallest absolute Gasteiger partial charge is 0.0510 e. The third-order valence-corrected chi connectivity index (χ3v) is 3.31. The van der Waals surface area contributed by atoms with Crippen molar-refractivity contribution in [1.29, 1.82) is 0 Å². The van der Waals surface area contributed by atoms with E-state index in [2.05, 4.69) is 11.8 Å². The van der Waals surface area contributed by atoms with Crippen LogP contribution in [0.2, 0.25) is 0 Å². The largest absolute Gasteiger partial charge is 0.381 e. The molecule has 0 aromatic heterocycles. The molecule has 76 valence electrons. The summed E-state index contributed by atoms with van der Waals surface area (Å²) in [5.41, 5.74) is 5.81. The van der Waals surface area contributed by atoms with Crippen molar-refractivity contribution in [1.82, 2.24) is 4.90 Å². The lowest BCUT2D eigenvalue weighted by Gasteiger charge is -2.44. The maximum absolute atomic E-state index is 5.81. The Morgan fingerprint density at radius 1 is 1.54 bits per heavy atom. The molecule has 0 bridgehead atoms. The molecule has 2 N–H and O–H groups in total. The lowest BCUT2D eigenvalue weighted by atomic mass is 9.91. The second-order valence-electron chi connectivity index (χ2n) is 4.49. The number of nitrogens with two attached hydrogens (primary N) is 1. The molecule has 0 aromatic carbocycles. The molecule has 0 amide bonds. The summed E-state index contributed by atoms with van der Waals surface area (Å²) >= 11 is 0. The third kappa shape index (κ3) is 1.87. The van der Waals surface area contributed by atoms with Crippen molar-refractivity contribution < 1.29 is 4.74 Å². The van der Waals surface area contributed by atoms with Gasteiger partial charge in [-0.05, 0) is 12.3 Å². The average molecular weight is 184 g/mol. The van der Waals surface area contributed by atoms with Crippen LogP contribution in [0.1, 0.15) is 13.3 Å². The van der Waals surface area contributed by atoms with Gasteiger partial charge < -0.3 is 10.5 Å². The predicted octanol–water partition coefficient (Wildman–Crippen LogP) is 0.302. The lowest BCUT2D eigenvalue weighted by Crippen LogP contribution is -2.56. The highest BCUT2D eigenvalue weighted by molar-refractivity contribution is 4.89. The van der Waals surface area contributed by atoms with Crippen molar-refractivity contribution in [2.24, 2.45) is 17.6 Å². The summed E-state index contributed by atoms with van der Waals surface area (Å²) in [5, 5.41) is 0. The Morgan fingerprint density at radius 3 is 2.77 bits per heavy atom. The summed E-state index contributed by atoms with van der Waals surface area (Å²) in [6.07, 6.45) is 1.20. The molecular weight excluding hydrogens is 164 g/mol. The summed E-state index contributed by atoms with van der Waals surface area (Å²) in [4.78, 5) is 2.52. The molecule has 2 atom stereocenters. The maximum atomic E-state index is 5.81. The highest BCUT2D eigenvalue weighted by atomic mass is 16.5. The molecule has 3 heteroatoms. The summed E-state index contributed by atoms with van der Waals surface area (Å²) in [7, 11) is 0. The molecule has 3 nitrogen and oxygen atoms in total. The van der Waals surface area contributed by atoms with E-state index in [4.69, 9.17) is 10.5 Å². The molecular formula is C10H20N2O. The van der Waals surface area contributed by atoms with Gasteiger partial charge in [-0.1, -0.05) is 6.92 Å². The Hall–Kier alpha value is -0.120. The van der Waals surface area contributed by atoms with E-state index in [1.54, 1.807) is 0 Å². The zero-order valence-electron chi connectivity index (χ0n) is 8.41. The predicted molar refractivity (Wildman–Crippen MR) is 52.5 cm³/mol. The zero-order chi connectivity index (χ0) is 9.26. The molecule has 2 aliphatic rings. The molecule has 2 unspecified atom stereocenters. The van der Waals surface area contributed by atoms with E-state index in [1.807, 2.05) is 0 Å². The van der Waals surface area contributed by atoms with Crippen LogP contribution < -0.4 is 5.73 Å². The third-order valence-electron chi connectivity index (χ3n) is 3.31. The number of nitrogens with zero attached hydrogens (tertiary/aromatic N) is 1. The summed E-state index contributed by atoms with van der Waals surface area (Å²) in [6.45, 7) is 7.42. The van der Waals surface area contributed by atoms with E-state index in [1.165, 1.54) is 19.5 Å². The van der Waals surface area contributed by atoms with Crippen LogP contribution in [0, 0.1) is 11.8 Å². The fraction of sp³-hybridized carbons (Fsp3) is 1.00. The molecule has 0 saturated carbocycles. The van der Waals surface area contributed by atoms with Crippen molar-refractivity contribution in [3.05, 3.63) is 0 Å². The molecule has 2 aliphatic heterocycles. The Morgan fingerprint density at radius 2 is 2.31 bits per heavy atom. The van der Waals surface area contributed by atoms with Crippen LogP contribution in [0.25, 0.3) is 0 Å². The standard InChI is InChI=1S/C10H20N2O/c1-8-5-12(6-8)10(4-11)9-2-3-13-7-9/h8-10H,2-7,11H2,1H3. The Bertz CT molecular complexity index is 162. The molecule has 2 rings (SSSR count). The van der Waals surface area contributed by atoms with Gasteiger partial charge in [0.25, 0.3) is 0 Å². The number of hydrogen-bond acceptors (Lipinski definition) is 3. The van der Waals surface area contributed by atoms with Crippen molar-refractivity contribution in [3.8, 4) is 0 Å². The van der Waals surface area contributed by atoms with Crippen molar-refractivity contribution in [2.45, 2.75) is 19.4 Å². The average Bonchev–Trinajstić information content (AvgIpc) is 2.55. The quantitative estimate of drug-likeness (QED) is 0.685. The second kappa shape index (κ2) is 3.95. The Labute approximate surface area is 80.2 Å². The topological polar surface area (TPSA) is 38.5 Å². The van der Waals surface area contributed by atoms with Crippen LogP contribution >= 0.6 is 0 Å². The van der Waals surface area contributed by atoms with E-state index < -0.39 is 0 Å². The van der Waals surface area contributed by atoms with Gasteiger partial charge >= 0.3 is 0 Å². The van der Waals surface area contributed by atoms with Crippen molar-refractivity contribution >= 4 is 0 Å². The first-order valence-electron chi connectivity index (χ1n) is 5.33. The van der Waals surface area contributed by atoms with Gasteiger partial charge in [0, 0.05) is 38.2 Å². The molecule has 13 heavy (non-hydrogen) atoms. The van der Waals surface area contributed by atoms with E-state index in [-0.39, 0.29) is 0 Å². The van der Waals surface area contributed by atoms with E-state index in [0.29, 0.717) is 12.0 Å². The van der Waals surface area contributed by atoms with Gasteiger partial charge in [-0.15, -0.1) is 0 Å². The molecule has 0 aliphatic carbocycles. The van der Waals surface area contributed by atoms with E-state index in [9.17, 15) is 0 Å². The first kappa shape index (κ1) is 9.44. The first-order valence-corrected chi connectivity index (χ1v) is 5.33. The fourth-order valence-electron chi connectivity index (χ4n) is 2.51. The fourth-order valence-corrected chi connectivity index (χ4v) is 2.51. The lowest BCUT2D eigenvalue weighted by molar-refractivity contribution is 0.0329. The second-order valence-corrected chi connectivity index (χ2v) is 4.49. The summed E-state index contributed by atoms with van der Waals surface area (Å²) in [5.74, 6) is 1.56. The molecule has 2 fully saturated rings. The molecule has 2 saturated heterocycles. The monoisotopic (exact) mass is 184 g/mol. The SMILES string of the molecule is CC1CN(C(CN)C2CCOC2)C1. The maximum Gasteiger partial charge on any atom is 0.0510 e. The number of rotatable bonds is 3. The highest BCUT2D eigenvalue weighted by Crippen LogP contribution is 2.26. The normalized spacial score (nSPS) is 33.2. The molecule has 0 aromatic rings. The number of hydrogen-bond donors (Lipinski definition) is 1. The summed E-state index contributed by atoms with van der Waals surface area (Å²) in [6, 6.07) is 0.582. The van der Waals surface area contributed by atoms with Crippen LogP contribution in [0.3, 0.4) is 0 Å². The van der Waals surface area contributed by atoms with Crippen LogP contribution in [0.4, 0.5) is 0 Å². The first-order chi connectivity index (χ1) is 6.31. The minimum Gasteiger partial charge on any atom is -0.381 e. The van der Waals surface area contributed by atoms with Gasteiger partial charge in [0.2, 0.25) is 0 Å². The molecule has 0 spiro atoms. The summed E-state index contributed by atoms with van der Waals surface area (Å²) < 4.78 is 5.40. The van der Waals surface area contributed by atoms with Crippen LogP contribution in [0.5, 0.6) is 0 Å². The highest BCUT2D eigenvalue weighted by Gasteiger charge is 2.34. The van der Waals surface area contributed by atoms with Crippen molar-refractivity contribution in [3.63, 3.8) is 0 Å².